The number of aryl methyl sites for hydroxylation is 1. The van der Waals surface area contributed by atoms with Gasteiger partial charge in [-0.05, 0) is 43.7 Å². The Morgan fingerprint density at radius 2 is 2.22 bits per heavy atom. The van der Waals surface area contributed by atoms with Crippen LogP contribution in [0.2, 0.25) is 5.02 Å². The zero-order valence-electron chi connectivity index (χ0n) is 13.4. The van der Waals surface area contributed by atoms with Crippen LogP contribution in [-0.4, -0.2) is 37.7 Å². The summed E-state index contributed by atoms with van der Waals surface area (Å²) in [6, 6.07) is 8.23. The molecule has 0 unspecified atom stereocenters. The lowest BCUT2D eigenvalue weighted by molar-refractivity contribution is -0.128. The first-order valence-corrected chi connectivity index (χ1v) is 8.98. The fourth-order valence-electron chi connectivity index (χ4n) is 3.59. The Balaban J connectivity index is 1.39. The minimum absolute atomic E-state index is 0.116. The van der Waals surface area contributed by atoms with Gasteiger partial charge in [-0.2, -0.15) is 0 Å². The first kappa shape index (κ1) is 16.7. The van der Waals surface area contributed by atoms with Crippen LogP contribution < -0.4 is 10.6 Å². The van der Waals surface area contributed by atoms with Gasteiger partial charge in [0.2, 0.25) is 5.91 Å². The number of amides is 1. The van der Waals surface area contributed by atoms with Crippen LogP contribution in [-0.2, 0) is 16.0 Å². The van der Waals surface area contributed by atoms with Gasteiger partial charge in [-0.25, -0.2) is 0 Å². The number of fused-ring (bicyclic) bond motifs is 1. The lowest BCUT2D eigenvalue weighted by Gasteiger charge is -2.39. The number of carbonyl (C=O) groups excluding carboxylic acids is 1. The number of hydrogen-bond acceptors (Lipinski definition) is 3. The van der Waals surface area contributed by atoms with E-state index in [-0.39, 0.29) is 11.8 Å². The van der Waals surface area contributed by atoms with Gasteiger partial charge in [-0.15, -0.1) is 0 Å². The molecule has 2 N–H and O–H groups in total. The molecule has 2 aliphatic rings. The summed E-state index contributed by atoms with van der Waals surface area (Å²) in [7, 11) is 0. The van der Waals surface area contributed by atoms with Crippen molar-refractivity contribution < 1.29 is 9.53 Å². The predicted molar refractivity (Wildman–Crippen MR) is 91.7 cm³/mol. The molecule has 0 aromatic heterocycles. The van der Waals surface area contributed by atoms with Crippen LogP contribution in [0.4, 0.5) is 0 Å². The fraction of sp³-hybridized carbons (Fsp3) is 0.611. The third-order valence-electron chi connectivity index (χ3n) is 4.88. The highest BCUT2D eigenvalue weighted by Crippen LogP contribution is 2.28. The van der Waals surface area contributed by atoms with E-state index < -0.39 is 0 Å². The van der Waals surface area contributed by atoms with Gasteiger partial charge < -0.3 is 15.4 Å². The number of hydrogen-bond donors (Lipinski definition) is 2. The van der Waals surface area contributed by atoms with Crippen LogP contribution >= 0.6 is 11.6 Å². The van der Waals surface area contributed by atoms with Gasteiger partial charge in [0.05, 0.1) is 12.7 Å². The molecule has 1 amide bonds. The molecule has 0 spiro atoms. The summed E-state index contributed by atoms with van der Waals surface area (Å²) in [5, 5.41) is 7.37. The summed E-state index contributed by atoms with van der Waals surface area (Å²) in [6.07, 6.45) is 4.91. The lowest BCUT2D eigenvalue weighted by atomic mass is 9.82. The van der Waals surface area contributed by atoms with Gasteiger partial charge in [0.15, 0.2) is 0 Å². The second kappa shape index (κ2) is 8.13. The largest absolute Gasteiger partial charge is 0.375 e. The number of rotatable bonds is 5. The smallest absolute Gasteiger partial charge is 0.223 e. The molecular weight excluding hydrogens is 312 g/mol. The molecule has 1 heterocycles. The molecule has 4 nitrogen and oxygen atoms in total. The van der Waals surface area contributed by atoms with Crippen molar-refractivity contribution in [2.24, 2.45) is 5.92 Å². The topological polar surface area (TPSA) is 50.4 Å². The third-order valence-corrected chi connectivity index (χ3v) is 5.25. The molecule has 2 fully saturated rings. The van der Waals surface area contributed by atoms with Crippen molar-refractivity contribution in [3.05, 3.63) is 34.9 Å². The molecule has 0 bridgehead atoms. The highest BCUT2D eigenvalue weighted by Gasteiger charge is 2.35. The van der Waals surface area contributed by atoms with Gasteiger partial charge in [0, 0.05) is 30.1 Å². The van der Waals surface area contributed by atoms with E-state index in [1.807, 2.05) is 24.3 Å². The Bertz CT molecular complexity index is 538. The minimum atomic E-state index is 0.116. The van der Waals surface area contributed by atoms with Crippen molar-refractivity contribution >= 4 is 17.5 Å². The van der Waals surface area contributed by atoms with Gasteiger partial charge in [-0.3, -0.25) is 4.79 Å². The van der Waals surface area contributed by atoms with E-state index >= 15 is 0 Å². The zero-order valence-corrected chi connectivity index (χ0v) is 14.1. The summed E-state index contributed by atoms with van der Waals surface area (Å²) in [4.78, 5) is 12.3. The summed E-state index contributed by atoms with van der Waals surface area (Å²) in [5.41, 5.74) is 1.15. The zero-order chi connectivity index (χ0) is 16.1. The molecule has 1 aromatic rings. The number of ether oxygens (including phenoxy) is 1. The van der Waals surface area contributed by atoms with Crippen LogP contribution in [0.5, 0.6) is 0 Å². The molecule has 1 aromatic carbocycles. The number of benzene rings is 1. The molecule has 3 atom stereocenters. The number of halogens is 1. The van der Waals surface area contributed by atoms with Crippen LogP contribution in [0.15, 0.2) is 24.3 Å². The normalized spacial score (nSPS) is 27.3. The van der Waals surface area contributed by atoms with E-state index in [0.29, 0.717) is 18.7 Å². The monoisotopic (exact) mass is 336 g/mol. The number of carbonyl (C=O) groups is 1. The first-order valence-electron chi connectivity index (χ1n) is 8.60. The maximum atomic E-state index is 12.3. The average Bonchev–Trinajstić information content (AvgIpc) is 2.59. The van der Waals surface area contributed by atoms with Crippen LogP contribution in [0.25, 0.3) is 0 Å². The summed E-state index contributed by atoms with van der Waals surface area (Å²) >= 11 is 6.15. The minimum Gasteiger partial charge on any atom is -0.375 e. The highest BCUT2D eigenvalue weighted by atomic mass is 35.5. The molecule has 1 saturated heterocycles. The van der Waals surface area contributed by atoms with E-state index in [9.17, 15) is 4.79 Å². The van der Waals surface area contributed by atoms with E-state index in [4.69, 9.17) is 16.3 Å². The SMILES string of the molecule is O=C(NCCCc1ccccc1Cl)[C@H]1CC[C@H]2OCCN[C@@H]2C1. The highest BCUT2D eigenvalue weighted by molar-refractivity contribution is 6.31. The quantitative estimate of drug-likeness (QED) is 0.812. The molecule has 1 aliphatic carbocycles. The maximum Gasteiger partial charge on any atom is 0.223 e. The molecule has 0 radical (unpaired) electrons. The van der Waals surface area contributed by atoms with Crippen molar-refractivity contribution in [3.8, 4) is 0 Å². The van der Waals surface area contributed by atoms with E-state index in [2.05, 4.69) is 10.6 Å². The van der Waals surface area contributed by atoms with Crippen molar-refractivity contribution in [1.82, 2.24) is 10.6 Å². The first-order chi connectivity index (χ1) is 11.2. The molecule has 23 heavy (non-hydrogen) atoms. The second-order valence-corrected chi connectivity index (χ2v) is 6.87. The standard InChI is InChI=1S/C18H25ClN2O2/c19-15-6-2-1-4-13(15)5-3-9-21-18(22)14-7-8-17-16(12-14)20-10-11-23-17/h1-2,4,6,14,16-17,20H,3,5,7-12H2,(H,21,22)/t14-,16+,17+/m0/s1. The Morgan fingerprint density at radius 1 is 1.35 bits per heavy atom. The van der Waals surface area contributed by atoms with Crippen LogP contribution in [0.3, 0.4) is 0 Å². The molecule has 3 rings (SSSR count). The molecule has 126 valence electrons. The summed E-state index contributed by atoms with van der Waals surface area (Å²) in [6.45, 7) is 2.39. The predicted octanol–water partition coefficient (Wildman–Crippen LogP) is 2.55. The van der Waals surface area contributed by atoms with Crippen LogP contribution in [0.1, 0.15) is 31.2 Å². The summed E-state index contributed by atoms with van der Waals surface area (Å²) in [5.74, 6) is 0.306. The van der Waals surface area contributed by atoms with E-state index in [0.717, 1.165) is 55.8 Å². The fourth-order valence-corrected chi connectivity index (χ4v) is 3.82. The van der Waals surface area contributed by atoms with Gasteiger partial charge in [-0.1, -0.05) is 29.8 Å². The molecular formula is C18H25ClN2O2. The van der Waals surface area contributed by atoms with Crippen molar-refractivity contribution in [2.75, 3.05) is 19.7 Å². The van der Waals surface area contributed by atoms with Crippen LogP contribution in [0, 0.1) is 5.92 Å². The second-order valence-electron chi connectivity index (χ2n) is 6.47. The maximum absolute atomic E-state index is 12.3. The molecule has 1 aliphatic heterocycles. The Hall–Kier alpha value is -1.10. The third kappa shape index (κ3) is 4.46. The van der Waals surface area contributed by atoms with Crippen molar-refractivity contribution in [3.63, 3.8) is 0 Å². The van der Waals surface area contributed by atoms with E-state index in [1.165, 1.54) is 0 Å². The Kier molecular flexibility index (Phi) is 5.92. The number of nitrogens with one attached hydrogen (secondary N) is 2. The van der Waals surface area contributed by atoms with Crippen molar-refractivity contribution in [1.29, 1.82) is 0 Å². The number of morpholine rings is 1. The summed E-state index contributed by atoms with van der Waals surface area (Å²) < 4.78 is 5.76. The Morgan fingerprint density at radius 3 is 3.09 bits per heavy atom. The lowest BCUT2D eigenvalue weighted by Crippen LogP contribution is -2.53. The van der Waals surface area contributed by atoms with Crippen molar-refractivity contribution in [2.45, 2.75) is 44.2 Å². The van der Waals surface area contributed by atoms with Gasteiger partial charge >= 0.3 is 0 Å². The average molecular weight is 337 g/mol. The van der Waals surface area contributed by atoms with Gasteiger partial charge in [0.25, 0.3) is 0 Å². The van der Waals surface area contributed by atoms with Gasteiger partial charge in [0.1, 0.15) is 0 Å². The Labute approximate surface area is 142 Å². The molecule has 1 saturated carbocycles. The van der Waals surface area contributed by atoms with E-state index in [1.54, 1.807) is 0 Å². The molecule has 5 heteroatoms.